The second-order valence-electron chi connectivity index (χ2n) is 6.47. The van der Waals surface area contributed by atoms with Crippen LogP contribution in [0.25, 0.3) is 0 Å². The van der Waals surface area contributed by atoms with Gasteiger partial charge in [-0.1, -0.05) is 89.6 Å². The van der Waals surface area contributed by atoms with Gasteiger partial charge in [-0.2, -0.15) is 0 Å². The summed E-state index contributed by atoms with van der Waals surface area (Å²) >= 11 is 0. The van der Waals surface area contributed by atoms with E-state index in [1.807, 2.05) is 20.8 Å². The van der Waals surface area contributed by atoms with Gasteiger partial charge in [-0.25, -0.2) is 0 Å². The lowest BCUT2D eigenvalue weighted by Gasteiger charge is -2.23. The van der Waals surface area contributed by atoms with Crippen molar-refractivity contribution in [1.29, 1.82) is 0 Å². The van der Waals surface area contributed by atoms with Crippen molar-refractivity contribution in [1.82, 2.24) is 0 Å². The molecule has 23 heavy (non-hydrogen) atoms. The Hall–Kier alpha value is -1.11. The Morgan fingerprint density at radius 2 is 1.39 bits per heavy atom. The van der Waals surface area contributed by atoms with Gasteiger partial charge >= 0.3 is 0 Å². The Kier molecular flexibility index (Phi) is 11.7. The molecule has 1 unspecified atom stereocenters. The van der Waals surface area contributed by atoms with Gasteiger partial charge in [-0.3, -0.25) is 4.79 Å². The first-order valence-corrected chi connectivity index (χ1v) is 9.62. The summed E-state index contributed by atoms with van der Waals surface area (Å²) in [6, 6.07) is 6.60. The summed E-state index contributed by atoms with van der Waals surface area (Å²) in [6.45, 7) is 14.7. The molecule has 0 saturated carbocycles. The molecule has 0 N–H and O–H groups in total. The second kappa shape index (κ2) is 12.3. The van der Waals surface area contributed by atoms with Crippen molar-refractivity contribution in [3.63, 3.8) is 0 Å². The predicted molar refractivity (Wildman–Crippen MR) is 103 cm³/mol. The van der Waals surface area contributed by atoms with E-state index in [1.165, 1.54) is 42.4 Å². The van der Waals surface area contributed by atoms with Crippen molar-refractivity contribution in [3.05, 3.63) is 34.9 Å². The molecule has 0 spiro atoms. The van der Waals surface area contributed by atoms with E-state index >= 15 is 0 Å². The number of hydrogen-bond donors (Lipinski definition) is 0. The summed E-state index contributed by atoms with van der Waals surface area (Å²) in [5.74, 6) is 1.18. The Bertz CT molecular complexity index is 421. The van der Waals surface area contributed by atoms with Crippen molar-refractivity contribution >= 4 is 5.78 Å². The lowest BCUT2D eigenvalue weighted by molar-refractivity contribution is -0.120. The molecule has 0 radical (unpaired) electrons. The third-order valence-electron chi connectivity index (χ3n) is 4.35. The molecule has 0 saturated heterocycles. The highest BCUT2D eigenvalue weighted by atomic mass is 16.1. The zero-order chi connectivity index (χ0) is 17.8. The zero-order valence-electron chi connectivity index (χ0n) is 16.5. The molecule has 132 valence electrons. The summed E-state index contributed by atoms with van der Waals surface area (Å²) in [5, 5.41) is 0. The van der Waals surface area contributed by atoms with Crippen LogP contribution in [0.3, 0.4) is 0 Å². The predicted octanol–water partition coefficient (Wildman–Crippen LogP) is 7.00. The largest absolute Gasteiger partial charge is 0.299 e. The third-order valence-corrected chi connectivity index (χ3v) is 4.35. The van der Waals surface area contributed by atoms with Crippen LogP contribution in [0.15, 0.2) is 18.2 Å². The van der Waals surface area contributed by atoms with Gasteiger partial charge in [0.25, 0.3) is 0 Å². The fourth-order valence-electron chi connectivity index (χ4n) is 3.44. The van der Waals surface area contributed by atoms with Gasteiger partial charge < -0.3 is 0 Å². The SMILES string of the molecule is CC.CCCC(CCC)CC(C(=O)CC)c1cc(C)cc(C)c1. The van der Waals surface area contributed by atoms with Crippen molar-refractivity contribution in [2.24, 2.45) is 5.92 Å². The van der Waals surface area contributed by atoms with E-state index in [1.54, 1.807) is 0 Å². The number of Topliss-reactive ketones (excluding diaryl/α,β-unsaturated/α-hetero) is 1. The molecule has 0 amide bonds. The lowest BCUT2D eigenvalue weighted by Crippen LogP contribution is -2.16. The Balaban J connectivity index is 0.00000232. The first-order valence-electron chi connectivity index (χ1n) is 9.62. The molecular formula is C22H38O. The van der Waals surface area contributed by atoms with Gasteiger partial charge in [0, 0.05) is 12.3 Å². The minimum absolute atomic E-state index is 0.0942. The van der Waals surface area contributed by atoms with E-state index in [2.05, 4.69) is 45.9 Å². The molecule has 0 aromatic heterocycles. The average Bonchev–Trinajstić information content (AvgIpc) is 2.53. The number of carbonyl (C=O) groups excluding carboxylic acids is 1. The van der Waals surface area contributed by atoms with E-state index < -0.39 is 0 Å². The van der Waals surface area contributed by atoms with Crippen molar-refractivity contribution in [2.45, 2.75) is 92.9 Å². The number of aryl methyl sites for hydroxylation is 2. The second-order valence-corrected chi connectivity index (χ2v) is 6.47. The summed E-state index contributed by atoms with van der Waals surface area (Å²) in [6.07, 6.45) is 6.58. The molecule has 0 heterocycles. The minimum Gasteiger partial charge on any atom is -0.299 e. The number of benzene rings is 1. The van der Waals surface area contributed by atoms with E-state index in [0.717, 1.165) is 6.42 Å². The van der Waals surface area contributed by atoms with Crippen molar-refractivity contribution in [2.75, 3.05) is 0 Å². The maximum Gasteiger partial charge on any atom is 0.140 e. The van der Waals surface area contributed by atoms with Crippen LogP contribution in [-0.2, 0) is 4.79 Å². The Morgan fingerprint density at radius 1 is 0.913 bits per heavy atom. The molecule has 1 aromatic carbocycles. The molecule has 0 fully saturated rings. The summed E-state index contributed by atoms with van der Waals surface area (Å²) < 4.78 is 0. The normalized spacial score (nSPS) is 11.8. The monoisotopic (exact) mass is 318 g/mol. The molecule has 0 aliphatic rings. The third kappa shape index (κ3) is 7.81. The van der Waals surface area contributed by atoms with Crippen LogP contribution in [0.4, 0.5) is 0 Å². The fraction of sp³-hybridized carbons (Fsp3) is 0.682. The summed E-state index contributed by atoms with van der Waals surface area (Å²) in [5.41, 5.74) is 3.76. The minimum atomic E-state index is 0.0942. The summed E-state index contributed by atoms with van der Waals surface area (Å²) in [7, 11) is 0. The molecule has 1 aromatic rings. The fourth-order valence-corrected chi connectivity index (χ4v) is 3.44. The Morgan fingerprint density at radius 3 is 1.78 bits per heavy atom. The number of hydrogen-bond acceptors (Lipinski definition) is 1. The van der Waals surface area contributed by atoms with E-state index in [0.29, 0.717) is 18.1 Å². The zero-order valence-corrected chi connectivity index (χ0v) is 16.5. The first-order chi connectivity index (χ1) is 11.0. The molecule has 0 aliphatic carbocycles. The van der Waals surface area contributed by atoms with E-state index in [9.17, 15) is 4.79 Å². The molecule has 1 atom stereocenters. The molecule has 1 rings (SSSR count). The maximum absolute atomic E-state index is 12.5. The van der Waals surface area contributed by atoms with Crippen molar-refractivity contribution in [3.8, 4) is 0 Å². The van der Waals surface area contributed by atoms with Crippen LogP contribution in [0, 0.1) is 19.8 Å². The van der Waals surface area contributed by atoms with Crippen LogP contribution in [0.2, 0.25) is 0 Å². The van der Waals surface area contributed by atoms with Crippen LogP contribution < -0.4 is 0 Å². The molecule has 1 nitrogen and oxygen atoms in total. The standard InChI is InChI=1S/C20H32O.C2H6/c1-6-9-17(10-7-2)14-19(20(21)8-3)18-12-15(4)11-16(5)13-18;1-2/h11-13,17,19H,6-10,14H2,1-5H3;1-2H3. The molecular weight excluding hydrogens is 280 g/mol. The van der Waals surface area contributed by atoms with Gasteiger partial charge in [-0.05, 0) is 31.7 Å². The van der Waals surface area contributed by atoms with Crippen LogP contribution >= 0.6 is 0 Å². The number of carbonyl (C=O) groups is 1. The van der Waals surface area contributed by atoms with Crippen molar-refractivity contribution < 1.29 is 4.79 Å². The highest BCUT2D eigenvalue weighted by molar-refractivity contribution is 5.85. The number of ketones is 1. The average molecular weight is 319 g/mol. The van der Waals surface area contributed by atoms with Crippen LogP contribution in [-0.4, -0.2) is 5.78 Å². The molecule has 0 bridgehead atoms. The number of rotatable bonds is 9. The highest BCUT2D eigenvalue weighted by Crippen LogP contribution is 2.31. The van der Waals surface area contributed by atoms with Gasteiger partial charge in [0.15, 0.2) is 0 Å². The van der Waals surface area contributed by atoms with Gasteiger partial charge in [0.05, 0.1) is 0 Å². The van der Waals surface area contributed by atoms with E-state index in [-0.39, 0.29) is 5.92 Å². The van der Waals surface area contributed by atoms with Gasteiger partial charge in [-0.15, -0.1) is 0 Å². The van der Waals surface area contributed by atoms with Gasteiger partial charge in [0.1, 0.15) is 5.78 Å². The first kappa shape index (κ1) is 21.9. The highest BCUT2D eigenvalue weighted by Gasteiger charge is 2.23. The maximum atomic E-state index is 12.5. The van der Waals surface area contributed by atoms with Gasteiger partial charge in [0.2, 0.25) is 0 Å². The lowest BCUT2D eigenvalue weighted by atomic mass is 9.81. The summed E-state index contributed by atoms with van der Waals surface area (Å²) in [4.78, 5) is 12.5. The molecule has 1 heteroatoms. The smallest absolute Gasteiger partial charge is 0.140 e. The topological polar surface area (TPSA) is 17.1 Å². The molecule has 0 aliphatic heterocycles. The van der Waals surface area contributed by atoms with Crippen LogP contribution in [0.1, 0.15) is 95.8 Å². The van der Waals surface area contributed by atoms with E-state index in [4.69, 9.17) is 0 Å². The Labute approximate surface area is 144 Å². The quantitative estimate of drug-likeness (QED) is 0.479. The van der Waals surface area contributed by atoms with Crippen LogP contribution in [0.5, 0.6) is 0 Å².